The molecule has 0 radical (unpaired) electrons. The summed E-state index contributed by atoms with van der Waals surface area (Å²) in [6, 6.07) is 10.4. The van der Waals surface area contributed by atoms with E-state index in [0.29, 0.717) is 6.42 Å². The Morgan fingerprint density at radius 2 is 1.90 bits per heavy atom. The van der Waals surface area contributed by atoms with Crippen molar-refractivity contribution < 1.29 is 9.18 Å². The summed E-state index contributed by atoms with van der Waals surface area (Å²) in [6.07, 6.45) is 0.395. The normalized spacial score (nSPS) is 10.5. The fourth-order valence-corrected chi connectivity index (χ4v) is 2.63. The van der Waals surface area contributed by atoms with Crippen LogP contribution in [0.1, 0.15) is 16.7 Å². The Labute approximate surface area is 132 Å². The highest BCUT2D eigenvalue weighted by molar-refractivity contribution is 9.10. The molecule has 110 valence electrons. The molecule has 0 aromatic heterocycles. The number of hydrogen-bond donors (Lipinski definition) is 1. The molecule has 21 heavy (non-hydrogen) atoms. The summed E-state index contributed by atoms with van der Waals surface area (Å²) < 4.78 is 14.0. The van der Waals surface area contributed by atoms with Crippen LogP contribution in [0.5, 0.6) is 0 Å². The number of aryl methyl sites for hydroxylation is 2. The largest absolute Gasteiger partial charge is 0.378 e. The molecule has 2 rings (SSSR count). The van der Waals surface area contributed by atoms with Crippen molar-refractivity contribution in [3.63, 3.8) is 0 Å². The van der Waals surface area contributed by atoms with E-state index in [0.717, 1.165) is 26.9 Å². The molecule has 0 fully saturated rings. The summed E-state index contributed by atoms with van der Waals surface area (Å²) in [5, 5.41) is 3.07. The van der Waals surface area contributed by atoms with Crippen LogP contribution in [0, 0.1) is 19.7 Å². The van der Waals surface area contributed by atoms with Gasteiger partial charge in [0.25, 0.3) is 0 Å². The van der Waals surface area contributed by atoms with Gasteiger partial charge >= 0.3 is 0 Å². The van der Waals surface area contributed by atoms with Crippen LogP contribution in [-0.4, -0.2) is 12.3 Å². The van der Waals surface area contributed by atoms with E-state index in [1.807, 2.05) is 32.0 Å². The molecule has 0 heterocycles. The van der Waals surface area contributed by atoms with Crippen LogP contribution in [0.25, 0.3) is 0 Å². The molecular weight excluding hydrogens is 333 g/mol. The second kappa shape index (κ2) is 6.85. The van der Waals surface area contributed by atoms with Gasteiger partial charge in [-0.05, 0) is 60.9 Å². The van der Waals surface area contributed by atoms with E-state index >= 15 is 0 Å². The van der Waals surface area contributed by atoms with E-state index in [1.54, 1.807) is 6.07 Å². The zero-order valence-corrected chi connectivity index (χ0v) is 13.6. The molecule has 1 N–H and O–H groups in total. The molecule has 2 aromatic rings. The van der Waals surface area contributed by atoms with Crippen molar-refractivity contribution in [3.05, 3.63) is 63.4 Å². The van der Waals surface area contributed by atoms with Gasteiger partial charge in [-0.25, -0.2) is 4.39 Å². The van der Waals surface area contributed by atoms with Gasteiger partial charge in [-0.15, -0.1) is 0 Å². The highest BCUT2D eigenvalue weighted by Crippen LogP contribution is 2.17. The van der Waals surface area contributed by atoms with Gasteiger partial charge in [-0.2, -0.15) is 0 Å². The fraction of sp³-hybridized carbons (Fsp3) is 0.235. The lowest BCUT2D eigenvalue weighted by molar-refractivity contribution is -0.116. The smallest absolute Gasteiger partial charge is 0.156 e. The molecule has 4 heteroatoms. The summed E-state index contributed by atoms with van der Waals surface area (Å²) in [4.78, 5) is 12.1. The van der Waals surface area contributed by atoms with Gasteiger partial charge in [0, 0.05) is 16.6 Å². The van der Waals surface area contributed by atoms with Crippen molar-refractivity contribution in [1.29, 1.82) is 0 Å². The molecule has 0 saturated heterocycles. The first-order valence-corrected chi connectivity index (χ1v) is 7.52. The highest BCUT2D eigenvalue weighted by Gasteiger charge is 2.07. The lowest BCUT2D eigenvalue weighted by Gasteiger charge is -2.10. The molecule has 0 spiro atoms. The third-order valence-electron chi connectivity index (χ3n) is 3.36. The maximum Gasteiger partial charge on any atom is 0.156 e. The van der Waals surface area contributed by atoms with Gasteiger partial charge in [-0.1, -0.05) is 22.0 Å². The second-order valence-corrected chi connectivity index (χ2v) is 6.01. The van der Waals surface area contributed by atoms with Crippen LogP contribution >= 0.6 is 15.9 Å². The van der Waals surface area contributed by atoms with Crippen LogP contribution in [0.4, 0.5) is 10.1 Å². The van der Waals surface area contributed by atoms with Gasteiger partial charge in [0.1, 0.15) is 5.82 Å². The summed E-state index contributed by atoms with van der Waals surface area (Å²) in [5.41, 5.74) is 3.71. The van der Waals surface area contributed by atoms with E-state index in [2.05, 4.69) is 21.2 Å². The molecule has 0 unspecified atom stereocenters. The average Bonchev–Trinajstić information content (AvgIpc) is 2.41. The van der Waals surface area contributed by atoms with Crippen LogP contribution in [0.2, 0.25) is 0 Å². The number of nitrogens with one attached hydrogen (secondary N) is 1. The highest BCUT2D eigenvalue weighted by atomic mass is 79.9. The third-order valence-corrected chi connectivity index (χ3v) is 3.85. The van der Waals surface area contributed by atoms with E-state index in [9.17, 15) is 9.18 Å². The molecular formula is C17H17BrFNO. The van der Waals surface area contributed by atoms with Gasteiger partial charge < -0.3 is 5.32 Å². The topological polar surface area (TPSA) is 29.1 Å². The summed E-state index contributed by atoms with van der Waals surface area (Å²) >= 11 is 3.41. The SMILES string of the molecule is Cc1cc(Br)ccc1CC(=O)CNc1ccc(F)cc1C. The Morgan fingerprint density at radius 1 is 1.14 bits per heavy atom. The zero-order valence-electron chi connectivity index (χ0n) is 12.0. The summed E-state index contributed by atoms with van der Waals surface area (Å²) in [5.74, 6) is -0.168. The first-order valence-electron chi connectivity index (χ1n) is 6.72. The summed E-state index contributed by atoms with van der Waals surface area (Å²) in [6.45, 7) is 4.04. The number of anilines is 1. The molecule has 0 aliphatic rings. The van der Waals surface area contributed by atoms with Crippen molar-refractivity contribution in [2.24, 2.45) is 0 Å². The molecule has 0 amide bonds. The van der Waals surface area contributed by atoms with Gasteiger partial charge in [0.05, 0.1) is 6.54 Å². The predicted molar refractivity (Wildman–Crippen MR) is 87.2 cm³/mol. The van der Waals surface area contributed by atoms with Crippen LogP contribution < -0.4 is 5.32 Å². The van der Waals surface area contributed by atoms with Gasteiger partial charge in [-0.3, -0.25) is 4.79 Å². The van der Waals surface area contributed by atoms with Crippen LogP contribution in [-0.2, 0) is 11.2 Å². The molecule has 2 aromatic carbocycles. The minimum absolute atomic E-state index is 0.101. The zero-order chi connectivity index (χ0) is 15.4. The maximum atomic E-state index is 13.0. The maximum absolute atomic E-state index is 13.0. The van der Waals surface area contributed by atoms with Crippen molar-refractivity contribution >= 4 is 27.4 Å². The Morgan fingerprint density at radius 3 is 2.57 bits per heavy atom. The van der Waals surface area contributed by atoms with Gasteiger partial charge in [0.2, 0.25) is 0 Å². The monoisotopic (exact) mass is 349 g/mol. The molecule has 0 atom stereocenters. The lowest BCUT2D eigenvalue weighted by Crippen LogP contribution is -2.17. The fourth-order valence-electron chi connectivity index (χ4n) is 2.15. The number of ketones is 1. The second-order valence-electron chi connectivity index (χ2n) is 5.10. The Balaban J connectivity index is 1.96. The Hall–Kier alpha value is -1.68. The minimum Gasteiger partial charge on any atom is -0.378 e. The van der Waals surface area contributed by atoms with E-state index in [4.69, 9.17) is 0 Å². The minimum atomic E-state index is -0.269. The molecule has 0 aliphatic heterocycles. The number of Topliss-reactive ketones (excluding diaryl/α,β-unsaturated/α-hetero) is 1. The van der Waals surface area contributed by atoms with Gasteiger partial charge in [0.15, 0.2) is 5.78 Å². The third kappa shape index (κ3) is 4.39. The number of rotatable bonds is 5. The first-order chi connectivity index (χ1) is 9.95. The summed E-state index contributed by atoms with van der Waals surface area (Å²) in [7, 11) is 0. The average molecular weight is 350 g/mol. The number of benzene rings is 2. The molecule has 2 nitrogen and oxygen atoms in total. The first kappa shape index (κ1) is 15.7. The lowest BCUT2D eigenvalue weighted by atomic mass is 10.0. The van der Waals surface area contributed by atoms with Crippen molar-refractivity contribution in [2.75, 3.05) is 11.9 Å². The van der Waals surface area contributed by atoms with E-state index in [1.165, 1.54) is 12.1 Å². The Bertz CT molecular complexity index is 670. The van der Waals surface area contributed by atoms with E-state index in [-0.39, 0.29) is 18.1 Å². The molecule has 0 aliphatic carbocycles. The number of carbonyl (C=O) groups is 1. The Kier molecular flexibility index (Phi) is 5.12. The molecule has 0 saturated carbocycles. The molecule has 0 bridgehead atoms. The van der Waals surface area contributed by atoms with Crippen molar-refractivity contribution in [2.45, 2.75) is 20.3 Å². The van der Waals surface area contributed by atoms with Crippen molar-refractivity contribution in [3.8, 4) is 0 Å². The number of hydrogen-bond acceptors (Lipinski definition) is 2. The predicted octanol–water partition coefficient (Wildman–Crippen LogP) is 4.43. The van der Waals surface area contributed by atoms with Crippen LogP contribution in [0.3, 0.4) is 0 Å². The van der Waals surface area contributed by atoms with Crippen LogP contribution in [0.15, 0.2) is 40.9 Å². The van der Waals surface area contributed by atoms with E-state index < -0.39 is 0 Å². The number of carbonyl (C=O) groups excluding carboxylic acids is 1. The standard InChI is InChI=1S/C17H17BrFNO/c1-11-7-14(18)4-3-13(11)9-16(21)10-20-17-6-5-15(19)8-12(17)2/h3-8,20H,9-10H2,1-2H3. The number of halogens is 2. The quantitative estimate of drug-likeness (QED) is 0.864. The van der Waals surface area contributed by atoms with Crippen molar-refractivity contribution in [1.82, 2.24) is 0 Å².